The van der Waals surface area contributed by atoms with Crippen LogP contribution in [0.2, 0.25) is 0 Å². The van der Waals surface area contributed by atoms with Crippen molar-refractivity contribution in [3.8, 4) is 0 Å². The summed E-state index contributed by atoms with van der Waals surface area (Å²) in [5.41, 5.74) is 5.35. The molecule has 0 aromatic carbocycles. The highest BCUT2D eigenvalue weighted by Crippen LogP contribution is 2.43. The zero-order valence-corrected chi connectivity index (χ0v) is 40.4. The number of carbonyl (C=O) groups is 3. The number of esters is 2. The van der Waals surface area contributed by atoms with E-state index in [9.17, 15) is 23.8 Å². The molecule has 0 saturated carbocycles. The van der Waals surface area contributed by atoms with E-state index < -0.39 is 51.1 Å². The van der Waals surface area contributed by atoms with Crippen molar-refractivity contribution in [1.82, 2.24) is 0 Å². The van der Waals surface area contributed by atoms with Gasteiger partial charge in [0.15, 0.2) is 6.10 Å². The first-order valence-corrected chi connectivity index (χ1v) is 27.1. The second-order valence-electron chi connectivity index (χ2n) is 17.7. The van der Waals surface area contributed by atoms with Crippen LogP contribution in [0.3, 0.4) is 0 Å². The van der Waals surface area contributed by atoms with Gasteiger partial charge in [-0.25, -0.2) is 4.57 Å². The molecule has 0 aliphatic heterocycles. The number of phosphoric acid groups is 1. The number of carboxylic acids is 1. The number of phosphoric ester groups is 1. The van der Waals surface area contributed by atoms with E-state index in [4.69, 9.17) is 24.8 Å². The van der Waals surface area contributed by atoms with E-state index in [1.54, 1.807) is 0 Å². The average molecular weight is 890 g/mol. The Bertz CT molecular complexity index is 1050. The Morgan fingerprint density at radius 2 is 0.721 bits per heavy atom. The van der Waals surface area contributed by atoms with Crippen LogP contribution in [0, 0.1) is 0 Å². The van der Waals surface area contributed by atoms with Crippen molar-refractivity contribution in [3.63, 3.8) is 0 Å². The maximum Gasteiger partial charge on any atom is 0.472 e. The molecule has 0 heterocycles. The predicted octanol–water partition coefficient (Wildman–Crippen LogP) is 14.2. The zero-order valence-electron chi connectivity index (χ0n) is 39.5. The Kier molecular flexibility index (Phi) is 43.9. The number of ether oxygens (including phenoxy) is 2. The van der Waals surface area contributed by atoms with Crippen LogP contribution in [0.4, 0.5) is 0 Å². The number of unbranched alkanes of at least 4 members (excludes halogenated alkanes) is 35. The average Bonchev–Trinajstić information content (AvgIpc) is 3.24. The number of carboxylic acid groups (broad SMARTS) is 1. The molecule has 0 aliphatic carbocycles. The normalized spacial score (nSPS) is 13.5. The van der Waals surface area contributed by atoms with Crippen molar-refractivity contribution in [1.29, 1.82) is 0 Å². The fourth-order valence-electron chi connectivity index (χ4n) is 7.60. The van der Waals surface area contributed by atoms with E-state index in [0.29, 0.717) is 12.8 Å². The molecule has 0 spiro atoms. The molecule has 0 rings (SSSR count). The van der Waals surface area contributed by atoms with E-state index in [2.05, 4.69) is 18.4 Å². The maximum absolute atomic E-state index is 12.7. The Hall–Kier alpha value is -1.52. The molecule has 11 nitrogen and oxygen atoms in total. The summed E-state index contributed by atoms with van der Waals surface area (Å²) in [7, 11) is -4.71. The predicted molar refractivity (Wildman–Crippen MR) is 250 cm³/mol. The van der Waals surface area contributed by atoms with Crippen LogP contribution in [0.25, 0.3) is 0 Å². The van der Waals surface area contributed by atoms with Crippen LogP contribution in [0.5, 0.6) is 0 Å². The van der Waals surface area contributed by atoms with E-state index in [1.165, 1.54) is 186 Å². The first-order chi connectivity index (χ1) is 29.6. The fourth-order valence-corrected chi connectivity index (χ4v) is 8.38. The molecule has 0 aliphatic rings. The van der Waals surface area contributed by atoms with Gasteiger partial charge in [-0.2, -0.15) is 0 Å². The number of aliphatic carboxylic acids is 1. The van der Waals surface area contributed by atoms with E-state index in [0.717, 1.165) is 38.5 Å². The van der Waals surface area contributed by atoms with Crippen molar-refractivity contribution in [2.45, 2.75) is 276 Å². The minimum absolute atomic E-state index is 0.170. The van der Waals surface area contributed by atoms with E-state index >= 15 is 0 Å². The smallest absolute Gasteiger partial charge is 0.472 e. The van der Waals surface area contributed by atoms with Crippen LogP contribution >= 0.6 is 7.82 Å². The highest BCUT2D eigenvalue weighted by molar-refractivity contribution is 7.47. The number of nitrogens with two attached hydrogens (primary N) is 1. The summed E-state index contributed by atoms with van der Waals surface area (Å²) in [5.74, 6) is -2.35. The molecular weight excluding hydrogens is 794 g/mol. The monoisotopic (exact) mass is 890 g/mol. The standard InChI is InChI=1S/C49H96NO10P/c1-3-5-7-9-11-13-15-17-19-21-22-23-25-26-28-30-32-34-36-38-40-47(51)57-42-45(43-58-61(55,56)59-44-46(50)49(53)54)60-48(52)41-39-37-35-33-31-29-27-24-20-18-16-14-12-10-8-6-4-2/h45-46H,3-44,50H2,1-2H3,(H,53,54)(H,55,56)/t45-,46+/m1/s1. The molecule has 12 heteroatoms. The summed E-state index contributed by atoms with van der Waals surface area (Å²) in [6.07, 6.45) is 45.9. The molecule has 0 aromatic rings. The van der Waals surface area contributed by atoms with E-state index in [-0.39, 0.29) is 19.4 Å². The molecule has 0 bridgehead atoms. The van der Waals surface area contributed by atoms with Gasteiger partial charge in [-0.1, -0.05) is 239 Å². The number of hydrogen-bond acceptors (Lipinski definition) is 9. The van der Waals surface area contributed by atoms with Crippen LogP contribution in [0.15, 0.2) is 0 Å². The number of hydrogen-bond donors (Lipinski definition) is 3. The topological polar surface area (TPSA) is 172 Å². The lowest BCUT2D eigenvalue weighted by Crippen LogP contribution is -2.34. The molecule has 3 atom stereocenters. The minimum Gasteiger partial charge on any atom is -0.480 e. The molecule has 362 valence electrons. The molecule has 61 heavy (non-hydrogen) atoms. The summed E-state index contributed by atoms with van der Waals surface area (Å²) in [6.45, 7) is 2.87. The lowest BCUT2D eigenvalue weighted by molar-refractivity contribution is -0.161. The molecule has 0 aromatic heterocycles. The minimum atomic E-state index is -4.71. The van der Waals surface area contributed by atoms with Gasteiger partial charge in [0.2, 0.25) is 0 Å². The van der Waals surface area contributed by atoms with Crippen molar-refractivity contribution >= 4 is 25.7 Å². The largest absolute Gasteiger partial charge is 0.480 e. The van der Waals surface area contributed by atoms with E-state index in [1.807, 2.05) is 0 Å². The third-order valence-corrected chi connectivity index (χ3v) is 12.6. The van der Waals surface area contributed by atoms with Crippen molar-refractivity contribution in [2.24, 2.45) is 5.73 Å². The van der Waals surface area contributed by atoms with Crippen LogP contribution in [-0.4, -0.2) is 59.9 Å². The lowest BCUT2D eigenvalue weighted by Gasteiger charge is -2.20. The highest BCUT2D eigenvalue weighted by atomic mass is 31.2. The Morgan fingerprint density at radius 1 is 0.443 bits per heavy atom. The first-order valence-electron chi connectivity index (χ1n) is 25.6. The first kappa shape index (κ1) is 59.5. The maximum atomic E-state index is 12.7. The van der Waals surface area contributed by atoms with Gasteiger partial charge in [-0.3, -0.25) is 23.4 Å². The molecule has 0 saturated heterocycles. The van der Waals surface area contributed by atoms with Gasteiger partial charge in [0.25, 0.3) is 0 Å². The van der Waals surface area contributed by atoms with Crippen LogP contribution < -0.4 is 5.73 Å². The van der Waals surface area contributed by atoms with Gasteiger partial charge >= 0.3 is 25.7 Å². The second-order valence-corrected chi connectivity index (χ2v) is 19.1. The Morgan fingerprint density at radius 3 is 1.03 bits per heavy atom. The fraction of sp³-hybridized carbons (Fsp3) is 0.939. The summed E-state index contributed by atoms with van der Waals surface area (Å²) < 4.78 is 32.9. The van der Waals surface area contributed by atoms with Gasteiger partial charge in [0.05, 0.1) is 13.2 Å². The summed E-state index contributed by atoms with van der Waals surface area (Å²) >= 11 is 0. The number of carbonyl (C=O) groups excluding carboxylic acids is 2. The van der Waals surface area contributed by atoms with Gasteiger partial charge in [0, 0.05) is 12.8 Å². The summed E-state index contributed by atoms with van der Waals surface area (Å²) in [5, 5.41) is 8.92. The highest BCUT2D eigenvalue weighted by Gasteiger charge is 2.28. The van der Waals surface area contributed by atoms with Gasteiger partial charge < -0.3 is 25.2 Å². The SMILES string of the molecule is CCCCCCCCCCCCCCCCCCCCCCC(=O)OC[C@H](COP(=O)(O)OC[C@H](N)C(=O)O)OC(=O)CCCCCCCCCCCCCCCCCCC. The van der Waals surface area contributed by atoms with Crippen LogP contribution in [0.1, 0.15) is 264 Å². The van der Waals surface area contributed by atoms with Gasteiger partial charge in [-0.05, 0) is 12.8 Å². The van der Waals surface area contributed by atoms with Crippen LogP contribution in [-0.2, 0) is 37.5 Å². The molecule has 0 fully saturated rings. The van der Waals surface area contributed by atoms with Crippen molar-refractivity contribution in [2.75, 3.05) is 19.8 Å². The summed E-state index contributed by atoms with van der Waals surface area (Å²) in [6, 6.07) is -1.52. The Balaban J connectivity index is 4.19. The second kappa shape index (κ2) is 45.1. The number of rotatable bonds is 49. The Labute approximate surface area is 374 Å². The third kappa shape index (κ3) is 44.9. The molecule has 0 radical (unpaired) electrons. The summed E-state index contributed by atoms with van der Waals surface area (Å²) in [4.78, 5) is 46.1. The molecule has 1 unspecified atom stereocenters. The molecule has 4 N–H and O–H groups in total. The van der Waals surface area contributed by atoms with Gasteiger partial charge in [0.1, 0.15) is 12.6 Å². The van der Waals surface area contributed by atoms with Crippen molar-refractivity contribution in [3.05, 3.63) is 0 Å². The molecule has 0 amide bonds. The lowest BCUT2D eigenvalue weighted by atomic mass is 10.0. The molecular formula is C49H96NO10P. The van der Waals surface area contributed by atoms with Gasteiger partial charge in [-0.15, -0.1) is 0 Å². The van der Waals surface area contributed by atoms with Crippen molar-refractivity contribution < 1.29 is 47.5 Å². The quantitative estimate of drug-likeness (QED) is 0.0301. The zero-order chi connectivity index (χ0) is 44.9. The third-order valence-electron chi connectivity index (χ3n) is 11.6.